The summed E-state index contributed by atoms with van der Waals surface area (Å²) in [6.45, 7) is 0. The minimum atomic E-state index is -0.295. The lowest BCUT2D eigenvalue weighted by molar-refractivity contribution is -0.204. The molecule has 0 aliphatic heterocycles. The lowest BCUT2D eigenvalue weighted by Gasteiger charge is -2.50. The van der Waals surface area contributed by atoms with Gasteiger partial charge in [-0.3, -0.25) is 9.88 Å². The zero-order chi connectivity index (χ0) is 24.4. The van der Waals surface area contributed by atoms with Crippen LogP contribution in [0.5, 0.6) is 5.75 Å². The normalized spacial score (nSPS) is 23.3. The minimum Gasteiger partial charge on any atom is -0.490 e. The first-order valence-corrected chi connectivity index (χ1v) is 11.9. The number of aliphatic hydroxyl groups excluding tert-OH is 1. The van der Waals surface area contributed by atoms with Crippen molar-refractivity contribution >= 4 is 23.1 Å². The SMILES string of the molecule is COC1(N(C)C)CC(Oc2ccc(Nc3nccc(Nc4cnc5c(c4)CC(O)CC5)n3)cc2)C1. The van der Waals surface area contributed by atoms with E-state index in [4.69, 9.17) is 9.47 Å². The van der Waals surface area contributed by atoms with Crippen molar-refractivity contribution in [2.45, 2.75) is 50.0 Å². The molecule has 5 rings (SSSR count). The average molecular weight is 477 g/mol. The molecule has 1 unspecified atom stereocenters. The molecule has 3 N–H and O–H groups in total. The number of benzene rings is 1. The molecule has 2 heterocycles. The Kier molecular flexibility index (Phi) is 6.55. The Morgan fingerprint density at radius 1 is 1.06 bits per heavy atom. The van der Waals surface area contributed by atoms with Gasteiger partial charge in [0.15, 0.2) is 0 Å². The highest BCUT2D eigenvalue weighted by atomic mass is 16.5. The van der Waals surface area contributed by atoms with Crippen molar-refractivity contribution in [3.8, 4) is 5.75 Å². The molecule has 0 saturated heterocycles. The molecule has 184 valence electrons. The molecule has 0 bridgehead atoms. The molecule has 0 spiro atoms. The van der Waals surface area contributed by atoms with Gasteiger partial charge in [-0.15, -0.1) is 0 Å². The number of fused-ring (bicyclic) bond motifs is 1. The first-order valence-electron chi connectivity index (χ1n) is 11.9. The van der Waals surface area contributed by atoms with Crippen LogP contribution in [0.2, 0.25) is 0 Å². The third-order valence-electron chi connectivity index (χ3n) is 6.86. The zero-order valence-electron chi connectivity index (χ0n) is 20.4. The highest BCUT2D eigenvalue weighted by molar-refractivity contribution is 5.60. The molecule has 3 aromatic rings. The van der Waals surface area contributed by atoms with E-state index >= 15 is 0 Å². The number of pyridine rings is 1. The van der Waals surface area contributed by atoms with Crippen molar-refractivity contribution < 1.29 is 14.6 Å². The maximum Gasteiger partial charge on any atom is 0.229 e. The van der Waals surface area contributed by atoms with Crippen molar-refractivity contribution in [3.05, 3.63) is 60.0 Å². The van der Waals surface area contributed by atoms with Gasteiger partial charge in [0.2, 0.25) is 5.95 Å². The average Bonchev–Trinajstić information content (AvgIpc) is 2.82. The second kappa shape index (κ2) is 9.77. The van der Waals surface area contributed by atoms with E-state index in [1.807, 2.05) is 56.7 Å². The number of aromatic nitrogens is 3. The number of methoxy groups -OCH3 is 1. The van der Waals surface area contributed by atoms with Crippen molar-refractivity contribution in [1.29, 1.82) is 0 Å². The van der Waals surface area contributed by atoms with E-state index in [-0.39, 0.29) is 17.9 Å². The van der Waals surface area contributed by atoms with Crippen LogP contribution in [0.4, 0.5) is 23.1 Å². The fourth-order valence-electron chi connectivity index (χ4n) is 4.69. The smallest absolute Gasteiger partial charge is 0.229 e. The second-order valence-corrected chi connectivity index (χ2v) is 9.46. The molecule has 2 aliphatic rings. The molecule has 2 aliphatic carbocycles. The van der Waals surface area contributed by atoms with Gasteiger partial charge >= 0.3 is 0 Å². The largest absolute Gasteiger partial charge is 0.490 e. The van der Waals surface area contributed by atoms with Gasteiger partial charge in [-0.05, 0) is 68.9 Å². The molecule has 1 fully saturated rings. The Labute approximate surface area is 205 Å². The van der Waals surface area contributed by atoms with Crippen molar-refractivity contribution in [2.24, 2.45) is 0 Å². The Bertz CT molecular complexity index is 1160. The van der Waals surface area contributed by atoms with E-state index in [0.717, 1.165) is 54.1 Å². The zero-order valence-corrected chi connectivity index (χ0v) is 20.4. The van der Waals surface area contributed by atoms with Gasteiger partial charge in [0.1, 0.15) is 23.4 Å². The number of rotatable bonds is 8. The van der Waals surface area contributed by atoms with Gasteiger partial charge < -0.3 is 25.2 Å². The monoisotopic (exact) mass is 476 g/mol. The first-order chi connectivity index (χ1) is 16.9. The van der Waals surface area contributed by atoms with Gasteiger partial charge in [-0.25, -0.2) is 4.98 Å². The molecule has 9 nitrogen and oxygen atoms in total. The molecule has 35 heavy (non-hydrogen) atoms. The second-order valence-electron chi connectivity index (χ2n) is 9.46. The first kappa shape index (κ1) is 23.5. The number of nitrogens with zero attached hydrogens (tertiary/aromatic N) is 4. The number of anilines is 4. The summed E-state index contributed by atoms with van der Waals surface area (Å²) in [5, 5.41) is 16.5. The summed E-state index contributed by atoms with van der Waals surface area (Å²) < 4.78 is 11.8. The number of hydrogen-bond donors (Lipinski definition) is 3. The van der Waals surface area contributed by atoms with Gasteiger partial charge in [0.25, 0.3) is 0 Å². The lowest BCUT2D eigenvalue weighted by Crippen LogP contribution is -2.59. The highest BCUT2D eigenvalue weighted by Crippen LogP contribution is 2.39. The maximum atomic E-state index is 9.95. The Morgan fingerprint density at radius 3 is 2.60 bits per heavy atom. The molecular weight excluding hydrogens is 444 g/mol. The molecule has 0 radical (unpaired) electrons. The number of aliphatic hydroxyl groups is 1. The number of nitrogens with one attached hydrogen (secondary N) is 2. The molecule has 1 atom stereocenters. The fraction of sp³-hybridized carbons (Fsp3) is 0.423. The van der Waals surface area contributed by atoms with Crippen LogP contribution in [0.25, 0.3) is 0 Å². The van der Waals surface area contributed by atoms with Crippen LogP contribution in [0.3, 0.4) is 0 Å². The van der Waals surface area contributed by atoms with Crippen molar-refractivity contribution in [1.82, 2.24) is 19.9 Å². The van der Waals surface area contributed by atoms with Crippen LogP contribution in [-0.4, -0.2) is 64.1 Å². The van der Waals surface area contributed by atoms with Gasteiger partial charge in [0.05, 0.1) is 18.0 Å². The molecule has 2 aromatic heterocycles. The van der Waals surface area contributed by atoms with E-state index in [2.05, 4.69) is 30.5 Å². The topological polar surface area (TPSA) is 105 Å². The molecular formula is C26H32N6O3. The summed E-state index contributed by atoms with van der Waals surface area (Å²) in [5.74, 6) is 1.97. The molecule has 9 heteroatoms. The van der Waals surface area contributed by atoms with Crippen LogP contribution < -0.4 is 15.4 Å². The van der Waals surface area contributed by atoms with E-state index in [1.165, 1.54) is 0 Å². The number of aryl methyl sites for hydroxylation is 1. The quantitative estimate of drug-likeness (QED) is 0.420. The predicted molar refractivity (Wildman–Crippen MR) is 134 cm³/mol. The predicted octanol–water partition coefficient (Wildman–Crippen LogP) is 3.65. The summed E-state index contributed by atoms with van der Waals surface area (Å²) in [4.78, 5) is 15.5. The van der Waals surface area contributed by atoms with E-state index < -0.39 is 0 Å². The van der Waals surface area contributed by atoms with E-state index in [0.29, 0.717) is 18.2 Å². The molecule has 0 amide bonds. The van der Waals surface area contributed by atoms with Crippen LogP contribution in [0.15, 0.2) is 48.8 Å². The van der Waals surface area contributed by atoms with Gasteiger partial charge in [-0.1, -0.05) is 0 Å². The third kappa shape index (κ3) is 5.22. The van der Waals surface area contributed by atoms with Crippen LogP contribution in [-0.2, 0) is 17.6 Å². The van der Waals surface area contributed by atoms with Crippen molar-refractivity contribution in [3.63, 3.8) is 0 Å². The van der Waals surface area contributed by atoms with Crippen LogP contribution >= 0.6 is 0 Å². The van der Waals surface area contributed by atoms with Gasteiger partial charge in [-0.2, -0.15) is 4.98 Å². The summed E-state index contributed by atoms with van der Waals surface area (Å²) in [7, 11) is 5.81. The number of hydrogen-bond acceptors (Lipinski definition) is 9. The van der Waals surface area contributed by atoms with E-state index in [1.54, 1.807) is 13.3 Å². The highest BCUT2D eigenvalue weighted by Gasteiger charge is 2.48. The summed E-state index contributed by atoms with van der Waals surface area (Å²) in [6.07, 6.45) is 7.25. The fourth-order valence-corrected chi connectivity index (χ4v) is 4.69. The summed E-state index contributed by atoms with van der Waals surface area (Å²) in [5.41, 5.74) is 3.63. The maximum absolute atomic E-state index is 9.95. The Balaban J connectivity index is 1.18. The lowest BCUT2D eigenvalue weighted by atomic mass is 9.83. The van der Waals surface area contributed by atoms with Gasteiger partial charge in [0, 0.05) is 44.0 Å². The summed E-state index contributed by atoms with van der Waals surface area (Å²) >= 11 is 0. The summed E-state index contributed by atoms with van der Waals surface area (Å²) in [6, 6.07) is 11.6. The van der Waals surface area contributed by atoms with Crippen LogP contribution in [0.1, 0.15) is 30.5 Å². The third-order valence-corrected chi connectivity index (χ3v) is 6.86. The van der Waals surface area contributed by atoms with E-state index in [9.17, 15) is 5.11 Å². The minimum absolute atomic E-state index is 0.142. The van der Waals surface area contributed by atoms with Crippen LogP contribution in [0, 0.1) is 0 Å². The Morgan fingerprint density at radius 2 is 1.86 bits per heavy atom. The number of ether oxygens (including phenoxy) is 2. The Hall–Kier alpha value is -3.27. The standard InChI is InChI=1S/C26H32N6O3/c1-32(2)26(34-3)14-22(15-26)35-21-7-4-18(5-8-21)30-25-27-11-10-24(31-25)29-19-12-17-13-20(33)6-9-23(17)28-16-19/h4-5,7-8,10-12,16,20,22,33H,6,9,13-15H2,1-3H3,(H2,27,29,30,31). The molecule has 1 saturated carbocycles. The van der Waals surface area contributed by atoms with Crippen molar-refractivity contribution in [2.75, 3.05) is 31.8 Å². The molecule has 1 aromatic carbocycles.